The zero-order chi connectivity index (χ0) is 20.2. The number of rotatable bonds is 8. The van der Waals surface area contributed by atoms with E-state index in [-0.39, 0.29) is 19.6 Å². The van der Waals surface area contributed by atoms with E-state index in [0.29, 0.717) is 6.42 Å². The molecular weight excluding hydrogens is 360 g/mol. The normalized spacial score (nSPS) is 31.2. The molecule has 2 rings (SSSR count). The molecule has 0 amide bonds. The number of hydrogen-bond donors (Lipinski definition) is 0. The molecular formula is C18H28O9. The van der Waals surface area contributed by atoms with Crippen molar-refractivity contribution in [2.75, 3.05) is 13.2 Å². The number of unbranched alkanes of at least 4 members (excludes halogenated alkanes) is 1. The molecule has 0 saturated carbocycles. The fourth-order valence-electron chi connectivity index (χ4n) is 3.10. The Hall–Kier alpha value is -1.71. The van der Waals surface area contributed by atoms with Crippen molar-refractivity contribution in [2.45, 2.75) is 83.8 Å². The van der Waals surface area contributed by atoms with Gasteiger partial charge < -0.3 is 28.4 Å². The lowest BCUT2D eigenvalue weighted by Crippen LogP contribution is -2.54. The van der Waals surface area contributed by atoms with Crippen LogP contribution in [0.1, 0.15) is 53.9 Å². The van der Waals surface area contributed by atoms with E-state index < -0.39 is 47.8 Å². The van der Waals surface area contributed by atoms with Crippen LogP contribution in [-0.2, 0) is 42.8 Å². The molecule has 0 unspecified atom stereocenters. The van der Waals surface area contributed by atoms with E-state index in [1.165, 1.54) is 13.8 Å². The highest BCUT2D eigenvalue weighted by Crippen LogP contribution is 2.44. The minimum absolute atomic E-state index is 0.255. The van der Waals surface area contributed by atoms with Crippen LogP contribution in [0.25, 0.3) is 0 Å². The van der Waals surface area contributed by atoms with Gasteiger partial charge in [-0.1, -0.05) is 13.3 Å². The molecule has 2 saturated heterocycles. The van der Waals surface area contributed by atoms with Crippen LogP contribution in [0.15, 0.2) is 0 Å². The van der Waals surface area contributed by atoms with Gasteiger partial charge in [-0.15, -0.1) is 0 Å². The van der Waals surface area contributed by atoms with Crippen molar-refractivity contribution in [2.24, 2.45) is 0 Å². The first-order valence-corrected chi connectivity index (χ1v) is 9.08. The molecule has 27 heavy (non-hydrogen) atoms. The molecule has 0 radical (unpaired) electrons. The first-order chi connectivity index (χ1) is 12.6. The second-order valence-corrected chi connectivity index (χ2v) is 7.23. The van der Waals surface area contributed by atoms with Gasteiger partial charge in [0, 0.05) is 20.3 Å². The monoisotopic (exact) mass is 388 g/mol. The van der Waals surface area contributed by atoms with E-state index in [2.05, 4.69) is 0 Å². The summed E-state index contributed by atoms with van der Waals surface area (Å²) in [5.74, 6) is -2.46. The van der Waals surface area contributed by atoms with E-state index in [1.807, 2.05) is 6.92 Å². The maximum Gasteiger partial charge on any atom is 0.305 e. The first-order valence-electron chi connectivity index (χ1n) is 9.08. The fourth-order valence-corrected chi connectivity index (χ4v) is 3.10. The largest absolute Gasteiger partial charge is 0.462 e. The summed E-state index contributed by atoms with van der Waals surface area (Å²) in [5.41, 5.74) is -1.41. The Morgan fingerprint density at radius 2 is 1.63 bits per heavy atom. The zero-order valence-corrected chi connectivity index (χ0v) is 16.4. The third-order valence-electron chi connectivity index (χ3n) is 4.28. The minimum atomic E-state index is -1.41. The van der Waals surface area contributed by atoms with Crippen LogP contribution in [0.3, 0.4) is 0 Å². The van der Waals surface area contributed by atoms with E-state index in [9.17, 15) is 14.4 Å². The zero-order valence-electron chi connectivity index (χ0n) is 16.4. The maximum atomic E-state index is 12.0. The van der Waals surface area contributed by atoms with Crippen LogP contribution < -0.4 is 0 Å². The van der Waals surface area contributed by atoms with Gasteiger partial charge in [-0.3, -0.25) is 14.4 Å². The Morgan fingerprint density at radius 3 is 2.22 bits per heavy atom. The molecule has 2 heterocycles. The number of esters is 3. The van der Waals surface area contributed by atoms with Crippen LogP contribution >= 0.6 is 0 Å². The topological polar surface area (TPSA) is 107 Å². The lowest BCUT2D eigenvalue weighted by Gasteiger charge is -2.35. The van der Waals surface area contributed by atoms with Gasteiger partial charge in [0.05, 0.1) is 0 Å². The molecule has 0 aromatic heterocycles. The van der Waals surface area contributed by atoms with E-state index in [1.54, 1.807) is 13.8 Å². The Labute approximate surface area is 158 Å². The number of hydrogen-bond acceptors (Lipinski definition) is 9. The minimum Gasteiger partial charge on any atom is -0.462 e. The molecule has 2 fully saturated rings. The lowest BCUT2D eigenvalue weighted by molar-refractivity contribution is -0.258. The highest BCUT2D eigenvalue weighted by Gasteiger charge is 2.65. The lowest BCUT2D eigenvalue weighted by atomic mass is 9.96. The summed E-state index contributed by atoms with van der Waals surface area (Å²) in [6, 6.07) is 0. The quantitative estimate of drug-likeness (QED) is 0.451. The summed E-state index contributed by atoms with van der Waals surface area (Å²) in [6.07, 6.45) is -0.773. The molecule has 4 atom stereocenters. The van der Waals surface area contributed by atoms with Gasteiger partial charge in [-0.2, -0.15) is 0 Å². The number of carbonyl (C=O) groups is 3. The van der Waals surface area contributed by atoms with E-state index in [4.69, 9.17) is 28.4 Å². The molecule has 9 nitrogen and oxygen atoms in total. The smallest absolute Gasteiger partial charge is 0.305 e. The molecule has 9 heteroatoms. The molecule has 2 aliphatic heterocycles. The third-order valence-corrected chi connectivity index (χ3v) is 4.28. The van der Waals surface area contributed by atoms with Crippen LogP contribution in [0.5, 0.6) is 0 Å². The van der Waals surface area contributed by atoms with Crippen molar-refractivity contribution in [3.63, 3.8) is 0 Å². The summed E-state index contributed by atoms with van der Waals surface area (Å²) in [6.45, 7) is 7.33. The average molecular weight is 388 g/mol. The Balaban J connectivity index is 2.22. The second kappa shape index (κ2) is 8.53. The maximum absolute atomic E-state index is 12.0. The van der Waals surface area contributed by atoms with Gasteiger partial charge in [-0.05, 0) is 20.3 Å². The SMILES string of the molecule is CCCCC(=O)OC[C@]1(COC(C)=O)O[C@@H]2OC(C)(C)O[C@@H]2[C@H]1OC(C)=O. The summed E-state index contributed by atoms with van der Waals surface area (Å²) in [5, 5.41) is 0. The van der Waals surface area contributed by atoms with E-state index >= 15 is 0 Å². The van der Waals surface area contributed by atoms with Gasteiger partial charge in [-0.25, -0.2) is 0 Å². The predicted octanol–water partition coefficient (Wildman–Crippen LogP) is 1.46. The molecule has 0 aromatic carbocycles. The van der Waals surface area contributed by atoms with Crippen LogP contribution in [0, 0.1) is 0 Å². The average Bonchev–Trinajstić information content (AvgIpc) is 2.99. The van der Waals surface area contributed by atoms with Gasteiger partial charge in [0.25, 0.3) is 0 Å². The third kappa shape index (κ3) is 5.40. The Bertz CT molecular complexity index is 573. The van der Waals surface area contributed by atoms with Crippen molar-refractivity contribution >= 4 is 17.9 Å². The van der Waals surface area contributed by atoms with Gasteiger partial charge in [0.15, 0.2) is 29.9 Å². The standard InChI is InChI=1S/C18H28O9/c1-6-7-8-13(21)23-10-18(9-22-11(2)19)15(24-12(3)20)14-16(27-18)26-17(4,5)25-14/h14-16H,6-10H2,1-5H3/t14-,15-,16+,18+/m1/s1. The van der Waals surface area contributed by atoms with E-state index in [0.717, 1.165) is 6.42 Å². The van der Waals surface area contributed by atoms with Gasteiger partial charge >= 0.3 is 17.9 Å². The highest BCUT2D eigenvalue weighted by molar-refractivity contribution is 5.69. The Morgan fingerprint density at radius 1 is 0.963 bits per heavy atom. The molecule has 0 aliphatic carbocycles. The van der Waals surface area contributed by atoms with Crippen molar-refractivity contribution < 1.29 is 42.8 Å². The molecule has 0 aromatic rings. The Kier molecular flexibility index (Phi) is 6.82. The summed E-state index contributed by atoms with van der Waals surface area (Å²) in [7, 11) is 0. The predicted molar refractivity (Wildman–Crippen MR) is 90.3 cm³/mol. The molecule has 154 valence electrons. The van der Waals surface area contributed by atoms with Crippen molar-refractivity contribution in [3.05, 3.63) is 0 Å². The van der Waals surface area contributed by atoms with Gasteiger partial charge in [0.2, 0.25) is 0 Å². The molecule has 0 N–H and O–H groups in total. The van der Waals surface area contributed by atoms with Crippen molar-refractivity contribution in [3.8, 4) is 0 Å². The highest BCUT2D eigenvalue weighted by atomic mass is 16.9. The molecule has 0 bridgehead atoms. The number of ether oxygens (including phenoxy) is 6. The fraction of sp³-hybridized carbons (Fsp3) is 0.833. The summed E-state index contributed by atoms with van der Waals surface area (Å²) in [4.78, 5) is 35.0. The molecule has 0 spiro atoms. The van der Waals surface area contributed by atoms with Crippen molar-refractivity contribution in [1.29, 1.82) is 0 Å². The first kappa shape index (κ1) is 21.6. The van der Waals surface area contributed by atoms with Crippen LogP contribution in [0.2, 0.25) is 0 Å². The van der Waals surface area contributed by atoms with Crippen LogP contribution in [0.4, 0.5) is 0 Å². The van der Waals surface area contributed by atoms with Crippen LogP contribution in [-0.4, -0.2) is 61.0 Å². The second-order valence-electron chi connectivity index (χ2n) is 7.23. The number of fused-ring (bicyclic) bond motifs is 1. The summed E-state index contributed by atoms with van der Waals surface area (Å²) < 4.78 is 33.3. The molecule has 2 aliphatic rings. The summed E-state index contributed by atoms with van der Waals surface area (Å²) >= 11 is 0. The van der Waals surface area contributed by atoms with Gasteiger partial charge in [0.1, 0.15) is 13.2 Å². The van der Waals surface area contributed by atoms with Crippen molar-refractivity contribution in [1.82, 2.24) is 0 Å². The number of carbonyl (C=O) groups excluding carboxylic acids is 3.